The molecule has 570 valence electrons. The van der Waals surface area contributed by atoms with Crippen molar-refractivity contribution in [2.24, 2.45) is 151 Å². The number of allylic oxidation sites excluding steroid dienone is 6. The van der Waals surface area contributed by atoms with E-state index in [1.807, 2.05) is 39.0 Å². The molecule has 0 aliphatic heterocycles. The van der Waals surface area contributed by atoms with Crippen LogP contribution in [0.2, 0.25) is 0 Å². The maximum Gasteiger partial charge on any atom is 3.00 e. The van der Waals surface area contributed by atoms with Gasteiger partial charge in [-0.2, -0.15) is 0 Å². The second kappa shape index (κ2) is 24.3. The van der Waals surface area contributed by atoms with E-state index in [4.69, 9.17) is 0 Å². The van der Waals surface area contributed by atoms with Crippen molar-refractivity contribution in [2.75, 3.05) is 0 Å². The molecule has 103 heavy (non-hydrogen) atoms. The molecule has 0 aromatic carbocycles. The van der Waals surface area contributed by atoms with Crippen molar-refractivity contribution in [1.82, 2.24) is 0 Å². The second-order valence-corrected chi connectivity index (χ2v) is 44.7. The predicted molar refractivity (Wildman–Crippen MR) is 397 cm³/mol. The van der Waals surface area contributed by atoms with Crippen molar-refractivity contribution >= 4 is 52.6 Å². The minimum atomic E-state index is -0.940. The Morgan fingerprint density at radius 1 is 0.320 bits per heavy atom. The largest absolute Gasteiger partial charge is 3.00 e. The van der Waals surface area contributed by atoms with Gasteiger partial charge in [0, 0.05) is 51.9 Å². The number of hydrogen-bond acceptors (Lipinski definition) is 12. The van der Waals surface area contributed by atoms with E-state index in [1.165, 1.54) is 16.7 Å². The summed E-state index contributed by atoms with van der Waals surface area (Å²) in [5, 5.41) is 68.9. The van der Waals surface area contributed by atoms with E-state index in [0.29, 0.717) is 56.3 Å². The minimum absolute atomic E-state index is 0. The number of aliphatic hydroxyl groups is 3. The summed E-state index contributed by atoms with van der Waals surface area (Å²) in [7, 11) is 0. The quantitative estimate of drug-likeness (QED) is 0.224. The van der Waals surface area contributed by atoms with Crippen LogP contribution >= 0.6 is 0 Å². The molecule has 0 radical (unpaired) electrons. The number of fused-ring (bicyclic) bond motifs is 21. The molecule has 12 nitrogen and oxygen atoms in total. The number of ketones is 3. The summed E-state index contributed by atoms with van der Waals surface area (Å²) in [5.41, 5.74) is -0.234. The van der Waals surface area contributed by atoms with Crippen LogP contribution in [-0.4, -0.2) is 86.3 Å². The SMILES string of the molecule is CC1(C)C2CC[C@]3(C)C(C(=O)C=C4[C@H]5C[C@](C)(C(=O)[O-])CC[C@]5(C)CC[C@]43C)[C@@]2(C)CC[C@@H]1O.CC1(C)C2CC[C@]3(C)C(C(=O)C=C4[C@H]5C[C@](C)(C(=O)[O-])CC[C@]5(C)CC[C@]43C)[C@@]2(C)CC[C@@H]1O.CC1(C)C2CC[C@]3(C)C(C(=O)C=C4[C@H]5C[C@](C)(C(=O)[O-])CC[C@]5(C)CC[C@]43C)[C@@]2(C)CC[C@@H]1O.[Al+3]. The third kappa shape index (κ3) is 10.6. The molecule has 0 bridgehead atoms. The van der Waals surface area contributed by atoms with Crippen molar-refractivity contribution in [3.8, 4) is 0 Å². The fourth-order valence-corrected chi connectivity index (χ4v) is 31.1. The van der Waals surface area contributed by atoms with Crippen molar-refractivity contribution in [2.45, 2.75) is 337 Å². The molecule has 0 heterocycles. The van der Waals surface area contributed by atoms with Crippen molar-refractivity contribution in [3.63, 3.8) is 0 Å². The Hall–Kier alpha value is -2.95. The number of hydrogen-bond donors (Lipinski definition) is 3. The van der Waals surface area contributed by atoms with Gasteiger partial charge in [-0.25, -0.2) is 0 Å². The maximum absolute atomic E-state index is 14.2. The van der Waals surface area contributed by atoms with E-state index in [-0.39, 0.29) is 170 Å². The van der Waals surface area contributed by atoms with E-state index in [1.54, 1.807) is 0 Å². The first kappa shape index (κ1) is 79.6. The number of carbonyl (C=O) groups is 6. The van der Waals surface area contributed by atoms with Crippen molar-refractivity contribution < 1.29 is 59.4 Å². The second-order valence-electron chi connectivity index (χ2n) is 44.7. The summed E-state index contributed by atoms with van der Waals surface area (Å²) < 4.78 is 0. The van der Waals surface area contributed by atoms with Crippen LogP contribution in [0.4, 0.5) is 0 Å². The van der Waals surface area contributed by atoms with Gasteiger partial charge in [0.15, 0.2) is 17.3 Å². The van der Waals surface area contributed by atoms with Crippen LogP contribution < -0.4 is 15.3 Å². The van der Waals surface area contributed by atoms with Crippen molar-refractivity contribution in [3.05, 3.63) is 34.9 Å². The normalized spacial score (nSPS) is 53.6. The van der Waals surface area contributed by atoms with Crippen LogP contribution in [0.5, 0.6) is 0 Å². The van der Waals surface area contributed by atoms with Gasteiger partial charge in [0.25, 0.3) is 0 Å². The Kier molecular flexibility index (Phi) is 18.8. The first-order valence-corrected chi connectivity index (χ1v) is 41.1. The summed E-state index contributed by atoms with van der Waals surface area (Å²) >= 11 is 0. The van der Waals surface area contributed by atoms with Gasteiger partial charge in [0.2, 0.25) is 0 Å². The molecule has 0 aromatic rings. The molecular weight excluding hydrogens is 1300 g/mol. The van der Waals surface area contributed by atoms with Gasteiger partial charge >= 0.3 is 17.4 Å². The van der Waals surface area contributed by atoms with Crippen LogP contribution in [-0.2, 0) is 28.8 Å². The number of rotatable bonds is 3. The first-order valence-electron chi connectivity index (χ1n) is 41.1. The van der Waals surface area contributed by atoms with Crippen LogP contribution in [0, 0.1) is 151 Å². The minimum Gasteiger partial charge on any atom is -0.550 e. The molecule has 0 aromatic heterocycles. The number of aliphatic carboxylic acids is 3. The molecule has 15 aliphatic rings. The smallest absolute Gasteiger partial charge is 0.550 e. The van der Waals surface area contributed by atoms with Gasteiger partial charge in [0.05, 0.1) is 18.3 Å². The Morgan fingerprint density at radius 3 is 0.748 bits per heavy atom. The molecular formula is C90H135AlO12. The zero-order valence-corrected chi connectivity index (χ0v) is 69.0. The van der Waals surface area contributed by atoms with E-state index >= 15 is 0 Å². The first-order chi connectivity index (χ1) is 46.7. The zero-order chi connectivity index (χ0) is 75.3. The fraction of sp³-hybridized carbons (Fsp3) is 0.867. The monoisotopic (exact) mass is 1430 g/mol. The van der Waals surface area contributed by atoms with Gasteiger partial charge in [-0.05, 0) is 308 Å². The Balaban J connectivity index is 0.000000145. The number of aliphatic hydroxyl groups excluding tert-OH is 3. The van der Waals surface area contributed by atoms with E-state index in [9.17, 15) is 59.4 Å². The molecule has 13 heteroatoms. The summed E-state index contributed by atoms with van der Waals surface area (Å²) in [6.45, 7) is 47.1. The molecule has 6 unspecified atom stereocenters. The van der Waals surface area contributed by atoms with E-state index in [0.717, 1.165) is 135 Å². The number of carboxylic acid groups (broad SMARTS) is 3. The van der Waals surface area contributed by atoms with Gasteiger partial charge in [-0.15, -0.1) is 0 Å². The Labute approximate surface area is 631 Å². The number of carbonyl (C=O) groups excluding carboxylic acids is 6. The molecule has 15 rings (SSSR count). The molecule has 3 N–H and O–H groups in total. The topological polar surface area (TPSA) is 232 Å². The predicted octanol–water partition coefficient (Wildman–Crippen LogP) is 14.9. The molecule has 12 fully saturated rings. The molecule has 27 atom stereocenters. The van der Waals surface area contributed by atoms with Crippen LogP contribution in [0.1, 0.15) is 319 Å². The molecule has 0 amide bonds. The van der Waals surface area contributed by atoms with Gasteiger partial charge in [0.1, 0.15) is 0 Å². The average Bonchev–Trinajstić information content (AvgIpc) is 0.682. The van der Waals surface area contributed by atoms with Crippen LogP contribution in [0.25, 0.3) is 0 Å². The summed E-state index contributed by atoms with van der Waals surface area (Å²) in [5.74, 6) is -0.798. The summed E-state index contributed by atoms with van der Waals surface area (Å²) in [6.07, 6.45) is 29.1. The fourth-order valence-electron chi connectivity index (χ4n) is 31.1. The third-order valence-electron chi connectivity index (χ3n) is 39.1. The van der Waals surface area contributed by atoms with Crippen LogP contribution in [0.15, 0.2) is 34.9 Å². The summed E-state index contributed by atoms with van der Waals surface area (Å²) in [4.78, 5) is 78.9. The summed E-state index contributed by atoms with van der Waals surface area (Å²) in [6, 6.07) is 0. The average molecular weight is 1440 g/mol. The molecule has 0 saturated heterocycles. The van der Waals surface area contributed by atoms with Crippen LogP contribution in [0.3, 0.4) is 0 Å². The van der Waals surface area contributed by atoms with Gasteiger partial charge < -0.3 is 45.0 Å². The maximum atomic E-state index is 14.2. The number of carboxylic acids is 3. The third-order valence-corrected chi connectivity index (χ3v) is 39.1. The van der Waals surface area contributed by atoms with Crippen molar-refractivity contribution in [1.29, 1.82) is 0 Å². The van der Waals surface area contributed by atoms with Gasteiger partial charge in [-0.1, -0.05) is 162 Å². The molecule has 0 spiro atoms. The Morgan fingerprint density at radius 2 is 0.534 bits per heavy atom. The van der Waals surface area contributed by atoms with Gasteiger partial charge in [-0.3, -0.25) is 14.4 Å². The van der Waals surface area contributed by atoms with E-state index < -0.39 is 34.2 Å². The molecule has 12 saturated carbocycles. The van der Waals surface area contributed by atoms with E-state index in [2.05, 4.69) is 125 Å². The standard InChI is InChI=1S/3C30H46O4.Al/c3*1-25(2)21-8-11-30(7)23(28(21,5)10-9-22(25)32)20(31)16-18-19-17-27(4,24(33)34)13-12-26(19,3)14-15-29(18,30)6;/h3*16,19,21-23,32H,8-15,17H2,1-7H3,(H,33,34);/q;;;+3/p-3/t3*19-,21?,22+,23?,26-,27-,28+,29-,30-;/m111./s1. The zero-order valence-electron chi connectivity index (χ0n) is 67.8. The Bertz CT molecular complexity index is 3270. The molecule has 15 aliphatic carbocycles.